The predicted octanol–water partition coefficient (Wildman–Crippen LogP) is 1.20. The lowest BCUT2D eigenvalue weighted by Gasteiger charge is -2.43. The molecule has 1 fully saturated rings. The summed E-state index contributed by atoms with van der Waals surface area (Å²) in [5, 5.41) is 9.98. The van der Waals surface area contributed by atoms with E-state index < -0.39 is 36.9 Å². The van der Waals surface area contributed by atoms with Gasteiger partial charge in [0.15, 0.2) is 0 Å². The van der Waals surface area contributed by atoms with Crippen LogP contribution in [0.15, 0.2) is 0 Å². The van der Waals surface area contributed by atoms with Crippen LogP contribution >= 0.6 is 0 Å². The van der Waals surface area contributed by atoms with Crippen LogP contribution in [0.25, 0.3) is 0 Å². The van der Waals surface area contributed by atoms with Crippen molar-refractivity contribution in [2.75, 3.05) is 6.50 Å². The molecule has 14 heavy (non-hydrogen) atoms. The normalized spacial score (nSPS) is 36.1. The molecule has 0 aromatic rings. The maximum absolute atomic E-state index is 12.4. The maximum Gasteiger partial charge on any atom is 0.427 e. The van der Waals surface area contributed by atoms with E-state index >= 15 is 0 Å². The van der Waals surface area contributed by atoms with Crippen LogP contribution in [0.5, 0.6) is 0 Å². The monoisotopic (exact) mass is 227 g/mol. The number of nitrogens with one attached hydrogen (secondary N) is 1. The van der Waals surface area contributed by atoms with E-state index in [0.717, 1.165) is 5.32 Å². The van der Waals surface area contributed by atoms with Crippen molar-refractivity contribution in [1.29, 1.82) is 0 Å². The minimum atomic E-state index is -6.20. The Morgan fingerprint density at radius 2 is 1.57 bits per heavy atom. The van der Waals surface area contributed by atoms with E-state index in [9.17, 15) is 26.3 Å². The Morgan fingerprint density at radius 1 is 1.14 bits per heavy atom. The molecule has 1 rings (SSSR count). The summed E-state index contributed by atoms with van der Waals surface area (Å²) in [6, 6.07) is -3.18. The molecule has 1 unspecified atom stereocenters. The molecule has 0 radical (unpaired) electrons. The first-order valence-electron chi connectivity index (χ1n) is 5.22. The van der Waals surface area contributed by atoms with Crippen molar-refractivity contribution >= 4 is 0 Å². The van der Waals surface area contributed by atoms with E-state index in [1.54, 1.807) is 0 Å². The molecule has 1 saturated heterocycles. The van der Waals surface area contributed by atoms with Crippen molar-refractivity contribution in [3.63, 3.8) is 0 Å². The molecular weight excluding hydrogens is 216 g/mol. The molecule has 0 amide bonds. The van der Waals surface area contributed by atoms with Gasteiger partial charge in [-0.1, -0.05) is 0 Å². The highest BCUT2D eigenvalue weighted by Gasteiger charge is 2.74. The van der Waals surface area contributed by atoms with Gasteiger partial charge < -0.3 is 10.4 Å². The van der Waals surface area contributed by atoms with E-state index in [2.05, 4.69) is 0 Å². The molecule has 0 saturated carbocycles. The third kappa shape index (κ3) is 1.46. The van der Waals surface area contributed by atoms with Crippen LogP contribution < -0.4 is 5.32 Å². The number of hydrogen-bond donors (Lipinski definition) is 2. The van der Waals surface area contributed by atoms with E-state index in [-0.39, 0.29) is 0 Å². The number of rotatable bonds is 1. The Balaban J connectivity index is 3.27. The second-order valence-electron chi connectivity index (χ2n) is 2.61. The first kappa shape index (κ1) is 6.89. The molecule has 8 heteroatoms. The summed E-state index contributed by atoms with van der Waals surface area (Å²) in [6.07, 6.45) is -15.9. The Kier molecular flexibility index (Phi) is 1.47. The van der Waals surface area contributed by atoms with Gasteiger partial charge in [0, 0.05) is 5.48 Å². The molecule has 1 aliphatic rings. The highest BCUT2D eigenvalue weighted by molar-refractivity contribution is 5.06. The highest BCUT2D eigenvalue weighted by Crippen LogP contribution is 2.47. The fourth-order valence-electron chi connectivity index (χ4n) is 0.841. The summed E-state index contributed by atoms with van der Waals surface area (Å²) >= 11 is 0. The molecule has 0 aromatic heterocycles. The maximum atomic E-state index is 12.4. The molecule has 84 valence electrons. The topological polar surface area (TPSA) is 32.3 Å². The first-order valence-corrected chi connectivity index (χ1v) is 3.22. The molecule has 1 heterocycles. The summed E-state index contributed by atoms with van der Waals surface area (Å²) in [6.45, 7) is -3.10. The van der Waals surface area contributed by atoms with Crippen molar-refractivity contribution in [3.05, 3.63) is 0 Å². The van der Waals surface area contributed by atoms with Crippen LogP contribution in [0, 0.1) is 0 Å². The lowest BCUT2D eigenvalue weighted by Crippen LogP contribution is -2.71. The largest absolute Gasteiger partial charge is 0.427 e. The number of halogens is 6. The average molecular weight is 227 g/mol. The van der Waals surface area contributed by atoms with Crippen molar-refractivity contribution in [2.45, 2.75) is 30.4 Å². The van der Waals surface area contributed by atoms with Crippen LogP contribution in [0.3, 0.4) is 0 Å². The molecule has 0 bridgehead atoms. The molecule has 2 N–H and O–H groups in total. The van der Waals surface area contributed by atoms with Crippen molar-refractivity contribution in [2.24, 2.45) is 0 Å². The fraction of sp³-hybridized carbons (Fsp3) is 1.00. The van der Waals surface area contributed by atoms with Gasteiger partial charge in [-0.15, -0.1) is 0 Å². The van der Waals surface area contributed by atoms with Crippen LogP contribution in [-0.2, 0) is 0 Å². The molecule has 1 aliphatic heterocycles. The summed E-state index contributed by atoms with van der Waals surface area (Å²) in [4.78, 5) is 0. The lowest BCUT2D eigenvalue weighted by atomic mass is 9.86. The fourth-order valence-corrected chi connectivity index (χ4v) is 0.841. The van der Waals surface area contributed by atoms with Crippen LogP contribution in [0.1, 0.15) is 11.9 Å². The predicted molar refractivity (Wildman–Crippen MR) is 33.5 cm³/mol. The molecule has 1 atom stereocenters. The zero-order valence-corrected chi connectivity index (χ0v) is 6.29. The third-order valence-electron chi connectivity index (χ3n) is 1.72. The zero-order valence-electron chi connectivity index (χ0n) is 10.3. The number of aliphatic hydroxyl groups is 1. The van der Waals surface area contributed by atoms with Gasteiger partial charge in [-0.25, -0.2) is 0 Å². The van der Waals surface area contributed by atoms with E-state index in [1.807, 2.05) is 0 Å². The van der Waals surface area contributed by atoms with Gasteiger partial charge in [0.2, 0.25) is 0 Å². The Labute approximate surface area is 80.5 Å². The average Bonchev–Trinajstić information content (AvgIpc) is 2.09. The summed E-state index contributed by atoms with van der Waals surface area (Å²) in [5.41, 5.74) is -5.37. The second-order valence-corrected chi connectivity index (χ2v) is 2.61. The van der Waals surface area contributed by atoms with Crippen LogP contribution in [-0.4, -0.2) is 35.6 Å². The van der Waals surface area contributed by atoms with Crippen molar-refractivity contribution in [3.8, 4) is 0 Å². The van der Waals surface area contributed by atoms with Gasteiger partial charge >= 0.3 is 12.4 Å². The van der Waals surface area contributed by atoms with E-state index in [0.29, 0.717) is 0 Å². The smallest absolute Gasteiger partial charge is 0.372 e. The van der Waals surface area contributed by atoms with Crippen LogP contribution in [0.2, 0.25) is 0 Å². The lowest BCUT2D eigenvalue weighted by molar-refractivity contribution is -0.380. The molecule has 0 aliphatic carbocycles. The van der Waals surface area contributed by atoms with Gasteiger partial charge in [0.05, 0.1) is 6.04 Å². The number of hydrogen-bond acceptors (Lipinski definition) is 2. The molecule has 0 aromatic carbocycles. The Morgan fingerprint density at radius 3 is 1.79 bits per heavy atom. The third-order valence-corrected chi connectivity index (χ3v) is 1.72. The van der Waals surface area contributed by atoms with Gasteiger partial charge in [0.25, 0.3) is 5.60 Å². The van der Waals surface area contributed by atoms with E-state index in [4.69, 9.17) is 10.6 Å². The summed E-state index contributed by atoms with van der Waals surface area (Å²) in [7, 11) is 0. The zero-order chi connectivity index (χ0) is 14.8. The molecule has 0 spiro atoms. The van der Waals surface area contributed by atoms with Gasteiger partial charge in [-0.2, -0.15) is 26.3 Å². The minimum absolute atomic E-state index is 1.13. The minimum Gasteiger partial charge on any atom is -0.372 e. The SMILES string of the molecule is [2H]C1([2H])NC(C(O)(C(F)(F)F)C(F)(F)F)C1([2H])[2H]. The van der Waals surface area contributed by atoms with Crippen LogP contribution in [0.4, 0.5) is 26.3 Å². The van der Waals surface area contributed by atoms with Gasteiger partial charge in [-0.05, 0) is 12.9 Å². The highest BCUT2D eigenvalue weighted by atomic mass is 19.4. The van der Waals surface area contributed by atoms with Gasteiger partial charge in [-0.3, -0.25) is 0 Å². The Hall–Kier alpha value is -0.500. The molecule has 2 nitrogen and oxygen atoms in total. The standard InChI is InChI=1S/C6H7F6NO/c7-5(8,9)4(14,6(10,11)12)3-1-2-13-3/h3,13-14H,1-2H2/i1D2,2D2. The van der Waals surface area contributed by atoms with Gasteiger partial charge in [0.1, 0.15) is 0 Å². The Bertz CT molecular complexity index is 339. The van der Waals surface area contributed by atoms with Crippen molar-refractivity contribution < 1.29 is 36.9 Å². The first-order chi connectivity index (χ1) is 7.59. The second kappa shape index (κ2) is 2.99. The molecular formula is C6H7F6NO. The summed E-state index contributed by atoms with van der Waals surface area (Å²) < 4.78 is 102. The van der Waals surface area contributed by atoms with E-state index in [1.165, 1.54) is 0 Å². The van der Waals surface area contributed by atoms with Crippen molar-refractivity contribution in [1.82, 2.24) is 5.32 Å². The summed E-state index contributed by atoms with van der Waals surface area (Å²) in [5.74, 6) is 0. The number of alkyl halides is 6. The quantitative estimate of drug-likeness (QED) is 0.660.